The zero-order valence-corrected chi connectivity index (χ0v) is 18.0. The Kier molecular flexibility index (Phi) is 5.84. The minimum atomic E-state index is -0.648. The normalized spacial score (nSPS) is 19.0. The number of amides is 3. The van der Waals surface area contributed by atoms with Crippen LogP contribution in [0.5, 0.6) is 0 Å². The summed E-state index contributed by atoms with van der Waals surface area (Å²) in [5.41, 5.74) is 2.12. The van der Waals surface area contributed by atoms with Gasteiger partial charge in [-0.2, -0.15) is 10.4 Å². The van der Waals surface area contributed by atoms with E-state index in [-0.39, 0.29) is 23.9 Å². The van der Waals surface area contributed by atoms with Gasteiger partial charge in [0.2, 0.25) is 0 Å². The van der Waals surface area contributed by atoms with Gasteiger partial charge in [-0.1, -0.05) is 6.92 Å². The molecular formula is C22H25FN6O3. The molecule has 9 nitrogen and oxygen atoms in total. The van der Waals surface area contributed by atoms with Crippen LogP contribution in [0.1, 0.15) is 40.7 Å². The van der Waals surface area contributed by atoms with Gasteiger partial charge < -0.3 is 20.2 Å². The van der Waals surface area contributed by atoms with Crippen LogP contribution in [0.25, 0.3) is 0 Å². The summed E-state index contributed by atoms with van der Waals surface area (Å²) in [4.78, 5) is 29.1. The van der Waals surface area contributed by atoms with Crippen LogP contribution in [0.15, 0.2) is 18.2 Å². The van der Waals surface area contributed by atoms with Gasteiger partial charge in [-0.05, 0) is 24.6 Å². The third kappa shape index (κ3) is 3.91. The number of hydrogen-bond donors (Lipinski definition) is 2. The van der Waals surface area contributed by atoms with E-state index in [1.54, 1.807) is 27.6 Å². The van der Waals surface area contributed by atoms with E-state index in [1.165, 1.54) is 12.1 Å². The molecule has 2 aliphatic heterocycles. The Labute approximate surface area is 185 Å². The second kappa shape index (κ2) is 8.59. The number of aromatic nitrogens is 2. The Hall–Kier alpha value is -3.45. The van der Waals surface area contributed by atoms with Gasteiger partial charge >= 0.3 is 6.03 Å². The molecule has 2 aliphatic rings. The first kappa shape index (κ1) is 21.8. The average molecular weight is 440 g/mol. The number of aliphatic hydroxyl groups is 1. The number of urea groups is 1. The fraction of sp³-hybridized carbons (Fsp3) is 0.455. The number of carbonyl (C=O) groups is 2. The van der Waals surface area contributed by atoms with Gasteiger partial charge in [0.1, 0.15) is 17.6 Å². The third-order valence-corrected chi connectivity index (χ3v) is 6.15. The van der Waals surface area contributed by atoms with Crippen molar-refractivity contribution in [3.8, 4) is 6.07 Å². The first-order chi connectivity index (χ1) is 15.3. The van der Waals surface area contributed by atoms with E-state index in [9.17, 15) is 19.1 Å². The zero-order valence-electron chi connectivity index (χ0n) is 18.0. The molecule has 0 radical (unpaired) electrons. The van der Waals surface area contributed by atoms with Crippen LogP contribution < -0.4 is 5.32 Å². The van der Waals surface area contributed by atoms with Crippen molar-refractivity contribution in [1.82, 2.24) is 19.6 Å². The van der Waals surface area contributed by atoms with Crippen molar-refractivity contribution in [1.29, 1.82) is 5.26 Å². The van der Waals surface area contributed by atoms with Crippen LogP contribution in [0.2, 0.25) is 0 Å². The molecule has 0 saturated heterocycles. The fourth-order valence-electron chi connectivity index (χ4n) is 4.33. The molecule has 0 bridgehead atoms. The second-order valence-corrected chi connectivity index (χ2v) is 8.29. The van der Waals surface area contributed by atoms with E-state index in [4.69, 9.17) is 5.26 Å². The molecular weight excluding hydrogens is 415 g/mol. The van der Waals surface area contributed by atoms with Crippen LogP contribution in [-0.2, 0) is 19.5 Å². The number of hydrogen-bond acceptors (Lipinski definition) is 5. The summed E-state index contributed by atoms with van der Waals surface area (Å²) < 4.78 is 15.2. The maximum Gasteiger partial charge on any atom is 0.322 e. The molecule has 0 fully saturated rings. The highest BCUT2D eigenvalue weighted by Crippen LogP contribution is 2.28. The van der Waals surface area contributed by atoms with Crippen LogP contribution in [0, 0.1) is 23.1 Å². The number of nitrogens with zero attached hydrogens (tertiary/aromatic N) is 5. The third-order valence-electron chi connectivity index (χ3n) is 6.15. The maximum atomic E-state index is 13.5. The highest BCUT2D eigenvalue weighted by atomic mass is 19.1. The molecule has 2 atom stereocenters. The molecule has 0 aliphatic carbocycles. The Morgan fingerprint density at radius 2 is 2.22 bits per heavy atom. The van der Waals surface area contributed by atoms with Crippen LogP contribution in [-0.4, -0.2) is 62.9 Å². The van der Waals surface area contributed by atoms with Crippen molar-refractivity contribution < 1.29 is 19.1 Å². The minimum absolute atomic E-state index is 0.122. The first-order valence-electron chi connectivity index (χ1n) is 10.6. The number of nitrogens with one attached hydrogen (secondary N) is 1. The van der Waals surface area contributed by atoms with Crippen LogP contribution in [0.3, 0.4) is 0 Å². The fourth-order valence-corrected chi connectivity index (χ4v) is 4.33. The Balaban J connectivity index is 1.57. The molecule has 168 valence electrons. The molecule has 0 spiro atoms. The van der Waals surface area contributed by atoms with E-state index < -0.39 is 18.0 Å². The molecule has 10 heteroatoms. The number of carbonyl (C=O) groups excluding carboxylic acids is 2. The van der Waals surface area contributed by atoms with Gasteiger partial charge in [-0.25, -0.2) is 9.18 Å². The summed E-state index contributed by atoms with van der Waals surface area (Å²) in [5, 5.41) is 26.7. The molecule has 3 heterocycles. The topological polar surface area (TPSA) is 114 Å². The highest BCUT2D eigenvalue weighted by Gasteiger charge is 2.36. The number of anilines is 1. The molecule has 1 aromatic carbocycles. The number of halogens is 1. The molecule has 32 heavy (non-hydrogen) atoms. The summed E-state index contributed by atoms with van der Waals surface area (Å²) >= 11 is 0. The molecule has 2 aromatic rings. The second-order valence-electron chi connectivity index (χ2n) is 8.29. The lowest BCUT2D eigenvalue weighted by Crippen LogP contribution is -2.40. The number of fused-ring (bicyclic) bond motifs is 3. The molecule has 2 N–H and O–H groups in total. The smallest absolute Gasteiger partial charge is 0.322 e. The van der Waals surface area contributed by atoms with Gasteiger partial charge in [0.15, 0.2) is 0 Å². The predicted octanol–water partition coefficient (Wildman–Crippen LogP) is 1.96. The lowest BCUT2D eigenvalue weighted by atomic mass is 10.0. The zero-order chi connectivity index (χ0) is 23.0. The van der Waals surface area contributed by atoms with Crippen molar-refractivity contribution in [3.05, 3.63) is 46.5 Å². The largest absolute Gasteiger partial charge is 0.393 e. The van der Waals surface area contributed by atoms with E-state index >= 15 is 0 Å². The lowest BCUT2D eigenvalue weighted by Gasteiger charge is -2.27. The maximum absolute atomic E-state index is 13.5. The van der Waals surface area contributed by atoms with E-state index in [2.05, 4.69) is 10.4 Å². The monoisotopic (exact) mass is 440 g/mol. The van der Waals surface area contributed by atoms with Gasteiger partial charge in [-0.15, -0.1) is 0 Å². The number of aliphatic hydroxyl groups excluding tert-OH is 1. The van der Waals surface area contributed by atoms with Crippen molar-refractivity contribution in [2.75, 3.05) is 25.5 Å². The van der Waals surface area contributed by atoms with Crippen molar-refractivity contribution >= 4 is 17.6 Å². The Morgan fingerprint density at radius 3 is 2.94 bits per heavy atom. The quantitative estimate of drug-likeness (QED) is 0.757. The average Bonchev–Trinajstić information content (AvgIpc) is 3.09. The molecule has 0 saturated carbocycles. The van der Waals surface area contributed by atoms with E-state index in [0.717, 1.165) is 11.8 Å². The van der Waals surface area contributed by atoms with E-state index in [0.29, 0.717) is 49.4 Å². The molecule has 3 amide bonds. The Bertz CT molecular complexity index is 1110. The lowest BCUT2D eigenvalue weighted by molar-refractivity contribution is 0.0626. The summed E-state index contributed by atoms with van der Waals surface area (Å²) in [6.45, 7) is 3.40. The number of benzene rings is 1. The van der Waals surface area contributed by atoms with E-state index in [1.807, 2.05) is 6.92 Å². The summed E-state index contributed by atoms with van der Waals surface area (Å²) in [7, 11) is 1.71. The van der Waals surface area contributed by atoms with Crippen LogP contribution >= 0.6 is 0 Å². The molecule has 1 unspecified atom stereocenters. The Morgan fingerprint density at radius 1 is 1.44 bits per heavy atom. The van der Waals surface area contributed by atoms with Crippen molar-refractivity contribution in [2.45, 2.75) is 39.0 Å². The summed E-state index contributed by atoms with van der Waals surface area (Å²) in [6.07, 6.45) is 0.551. The number of rotatable bonds is 3. The SMILES string of the molecule is CCC(O)[C@@H]1CN(C)C(=O)c2c3c(nn2C1)CCN(C(=O)Nc1ccc(F)c(C#N)c1)C3. The molecule has 4 rings (SSSR count). The summed E-state index contributed by atoms with van der Waals surface area (Å²) in [5.74, 6) is -0.947. The highest BCUT2D eigenvalue weighted by molar-refractivity contribution is 5.95. The summed E-state index contributed by atoms with van der Waals surface area (Å²) in [6, 6.07) is 5.16. The first-order valence-corrected chi connectivity index (χ1v) is 10.6. The van der Waals surface area contributed by atoms with Crippen molar-refractivity contribution in [2.24, 2.45) is 5.92 Å². The molecule has 1 aromatic heterocycles. The van der Waals surface area contributed by atoms with Gasteiger partial charge in [0.25, 0.3) is 5.91 Å². The number of nitriles is 1. The predicted molar refractivity (Wildman–Crippen MR) is 113 cm³/mol. The van der Waals surface area contributed by atoms with Crippen molar-refractivity contribution in [3.63, 3.8) is 0 Å². The van der Waals surface area contributed by atoms with Gasteiger partial charge in [0.05, 0.1) is 23.9 Å². The van der Waals surface area contributed by atoms with Gasteiger partial charge in [-0.3, -0.25) is 9.48 Å². The van der Waals surface area contributed by atoms with Gasteiger partial charge in [0, 0.05) is 50.3 Å². The van der Waals surface area contributed by atoms with Crippen LogP contribution in [0.4, 0.5) is 14.9 Å². The minimum Gasteiger partial charge on any atom is -0.393 e. The standard InChI is InChI=1S/C22H25FN6O3/c1-3-19(30)14-10-27(2)21(31)20-16-12-28(7-6-18(16)26-29(20)11-14)22(32)25-15-4-5-17(23)13(8-15)9-24/h4-5,8,14,19,30H,3,6-7,10-12H2,1-2H3,(H,25,32)/t14-,19?/m1/s1.